The van der Waals surface area contributed by atoms with Gasteiger partial charge < -0.3 is 5.73 Å². The molecule has 3 N–H and O–H groups in total. The molecule has 1 unspecified atom stereocenters. The Morgan fingerprint density at radius 2 is 2.00 bits per heavy atom. The first-order chi connectivity index (χ1) is 12.5. The number of thiophene rings is 1. The molecule has 2 heterocycles. The minimum Gasteiger partial charge on any atom is -0.351 e. The third kappa shape index (κ3) is 4.30. The number of rotatable bonds is 6. The second-order valence-electron chi connectivity index (χ2n) is 5.44. The van der Waals surface area contributed by atoms with Gasteiger partial charge in [-0.25, -0.2) is 4.79 Å². The summed E-state index contributed by atoms with van der Waals surface area (Å²) in [7, 11) is 0. The zero-order valence-electron chi connectivity index (χ0n) is 14.0. The van der Waals surface area contributed by atoms with Crippen LogP contribution in [0.1, 0.15) is 17.6 Å². The molecule has 3 amide bonds. The van der Waals surface area contributed by atoms with E-state index in [1.807, 2.05) is 52.4 Å². The van der Waals surface area contributed by atoms with Crippen LogP contribution in [-0.4, -0.2) is 32.0 Å². The molecule has 0 radical (unpaired) electrons. The smallest absolute Gasteiger partial charge is 0.318 e. The van der Waals surface area contributed by atoms with E-state index < -0.39 is 17.2 Å². The molecule has 3 aromatic rings. The summed E-state index contributed by atoms with van der Waals surface area (Å²) < 4.78 is 1.93. The number of urea groups is 1. The predicted molar refractivity (Wildman–Crippen MR) is 102 cm³/mol. The SMILES string of the molecule is CC(Sc1nnc(Cc2cccs2)n1-c1ccccc1)C(=O)NC(N)=O. The maximum absolute atomic E-state index is 12.0. The summed E-state index contributed by atoms with van der Waals surface area (Å²) in [5.74, 6) is 0.313. The van der Waals surface area contributed by atoms with Crippen molar-refractivity contribution in [2.24, 2.45) is 5.73 Å². The molecule has 0 saturated carbocycles. The van der Waals surface area contributed by atoms with Crippen molar-refractivity contribution in [2.45, 2.75) is 23.8 Å². The topological polar surface area (TPSA) is 103 Å². The van der Waals surface area contributed by atoms with E-state index in [0.29, 0.717) is 11.6 Å². The van der Waals surface area contributed by atoms with E-state index in [4.69, 9.17) is 5.73 Å². The molecule has 0 spiro atoms. The van der Waals surface area contributed by atoms with Crippen LogP contribution in [0.2, 0.25) is 0 Å². The van der Waals surface area contributed by atoms with Gasteiger partial charge in [-0.05, 0) is 30.5 Å². The van der Waals surface area contributed by atoms with Gasteiger partial charge in [-0.3, -0.25) is 14.7 Å². The van der Waals surface area contributed by atoms with Gasteiger partial charge >= 0.3 is 6.03 Å². The fourth-order valence-corrected chi connectivity index (χ4v) is 3.92. The largest absolute Gasteiger partial charge is 0.351 e. The summed E-state index contributed by atoms with van der Waals surface area (Å²) >= 11 is 2.87. The summed E-state index contributed by atoms with van der Waals surface area (Å²) in [6.45, 7) is 1.69. The number of nitrogens with two attached hydrogens (primary N) is 1. The molecule has 0 bridgehead atoms. The number of thioether (sulfide) groups is 1. The molecule has 2 aromatic heterocycles. The molecule has 0 aliphatic carbocycles. The van der Waals surface area contributed by atoms with Crippen molar-refractivity contribution in [1.82, 2.24) is 20.1 Å². The zero-order chi connectivity index (χ0) is 18.5. The Morgan fingerprint density at radius 1 is 1.23 bits per heavy atom. The van der Waals surface area contributed by atoms with Crippen LogP contribution in [0.5, 0.6) is 0 Å². The van der Waals surface area contributed by atoms with Crippen molar-refractivity contribution in [1.29, 1.82) is 0 Å². The first kappa shape index (κ1) is 18.2. The second kappa shape index (κ2) is 8.15. The highest BCUT2D eigenvalue weighted by molar-refractivity contribution is 8.00. The van der Waals surface area contributed by atoms with Gasteiger partial charge in [-0.2, -0.15) is 0 Å². The molecule has 7 nitrogen and oxygen atoms in total. The normalized spacial score (nSPS) is 11.9. The lowest BCUT2D eigenvalue weighted by atomic mass is 10.3. The number of amides is 3. The molecule has 26 heavy (non-hydrogen) atoms. The Kier molecular flexibility index (Phi) is 5.69. The Balaban J connectivity index is 1.91. The number of primary amides is 1. The Labute approximate surface area is 158 Å². The molecule has 3 rings (SSSR count). The number of para-hydroxylation sites is 1. The summed E-state index contributed by atoms with van der Waals surface area (Å²) in [4.78, 5) is 24.0. The number of nitrogens with zero attached hydrogens (tertiary/aromatic N) is 3. The van der Waals surface area contributed by atoms with Gasteiger partial charge in [0.2, 0.25) is 5.91 Å². The van der Waals surface area contributed by atoms with Crippen molar-refractivity contribution in [3.8, 4) is 5.69 Å². The van der Waals surface area contributed by atoms with Gasteiger partial charge in [0.15, 0.2) is 5.16 Å². The van der Waals surface area contributed by atoms with Crippen molar-refractivity contribution in [2.75, 3.05) is 0 Å². The number of carbonyl (C=O) groups is 2. The minimum atomic E-state index is -0.870. The van der Waals surface area contributed by atoms with Gasteiger partial charge in [0, 0.05) is 17.0 Å². The molecular formula is C17H17N5O2S2. The highest BCUT2D eigenvalue weighted by Crippen LogP contribution is 2.27. The van der Waals surface area contributed by atoms with Crippen LogP contribution in [0.15, 0.2) is 53.0 Å². The molecule has 0 aliphatic rings. The molecule has 1 aromatic carbocycles. The first-order valence-corrected chi connectivity index (χ1v) is 9.59. The van der Waals surface area contributed by atoms with Crippen molar-refractivity contribution in [3.05, 3.63) is 58.5 Å². The Bertz CT molecular complexity index is 893. The van der Waals surface area contributed by atoms with E-state index in [1.165, 1.54) is 16.6 Å². The lowest BCUT2D eigenvalue weighted by molar-refractivity contribution is -0.119. The first-order valence-electron chi connectivity index (χ1n) is 7.83. The molecule has 9 heteroatoms. The third-order valence-electron chi connectivity index (χ3n) is 3.53. The number of hydrogen-bond donors (Lipinski definition) is 2. The predicted octanol–water partition coefficient (Wildman–Crippen LogP) is 2.60. The molecule has 0 saturated heterocycles. The van der Waals surface area contributed by atoms with Crippen LogP contribution in [0.3, 0.4) is 0 Å². The Hall–Kier alpha value is -2.65. The quantitative estimate of drug-likeness (QED) is 0.633. The molecule has 134 valence electrons. The fraction of sp³-hybridized carbons (Fsp3) is 0.176. The van der Waals surface area contributed by atoms with E-state index in [1.54, 1.807) is 18.3 Å². The van der Waals surface area contributed by atoms with Crippen LogP contribution in [0, 0.1) is 0 Å². The lowest BCUT2D eigenvalue weighted by Crippen LogP contribution is -2.39. The van der Waals surface area contributed by atoms with E-state index in [2.05, 4.69) is 15.5 Å². The molecule has 1 atom stereocenters. The highest BCUT2D eigenvalue weighted by atomic mass is 32.2. The van der Waals surface area contributed by atoms with E-state index in [9.17, 15) is 9.59 Å². The standard InChI is InChI=1S/C17H17N5O2S2/c1-11(15(23)19-16(18)24)26-17-21-20-14(10-13-8-5-9-25-13)22(17)12-6-3-2-4-7-12/h2-9,11H,10H2,1H3,(H3,18,19,23,24). The average molecular weight is 387 g/mol. The van der Waals surface area contributed by atoms with Crippen molar-refractivity contribution < 1.29 is 9.59 Å². The summed E-state index contributed by atoms with van der Waals surface area (Å²) in [5, 5.41) is 12.7. The van der Waals surface area contributed by atoms with Crippen molar-refractivity contribution >= 4 is 35.0 Å². The maximum Gasteiger partial charge on any atom is 0.318 e. The van der Waals surface area contributed by atoms with Crippen molar-refractivity contribution in [3.63, 3.8) is 0 Å². The van der Waals surface area contributed by atoms with Gasteiger partial charge in [-0.1, -0.05) is 36.0 Å². The number of nitrogens with one attached hydrogen (secondary N) is 1. The minimum absolute atomic E-state index is 0.468. The summed E-state index contributed by atoms with van der Waals surface area (Å²) in [6, 6.07) is 12.9. The van der Waals surface area contributed by atoms with Crippen LogP contribution < -0.4 is 11.1 Å². The van der Waals surface area contributed by atoms with Gasteiger partial charge in [0.25, 0.3) is 0 Å². The van der Waals surface area contributed by atoms with E-state index >= 15 is 0 Å². The van der Waals surface area contributed by atoms with Crippen LogP contribution in [0.25, 0.3) is 5.69 Å². The summed E-state index contributed by atoms with van der Waals surface area (Å²) in [5.41, 5.74) is 5.92. The number of benzene rings is 1. The Morgan fingerprint density at radius 3 is 2.65 bits per heavy atom. The average Bonchev–Trinajstić information content (AvgIpc) is 3.25. The maximum atomic E-state index is 12.0. The van der Waals surface area contributed by atoms with Gasteiger partial charge in [-0.15, -0.1) is 21.5 Å². The second-order valence-corrected chi connectivity index (χ2v) is 7.78. The number of carbonyl (C=O) groups excluding carboxylic acids is 2. The van der Waals surface area contributed by atoms with Crippen LogP contribution in [0.4, 0.5) is 4.79 Å². The number of aromatic nitrogens is 3. The van der Waals surface area contributed by atoms with Crippen LogP contribution in [-0.2, 0) is 11.2 Å². The lowest BCUT2D eigenvalue weighted by Gasteiger charge is -2.12. The third-order valence-corrected chi connectivity index (χ3v) is 5.44. The van der Waals surface area contributed by atoms with E-state index in [-0.39, 0.29) is 0 Å². The molecular weight excluding hydrogens is 370 g/mol. The number of imide groups is 1. The number of hydrogen-bond acceptors (Lipinski definition) is 6. The molecule has 0 aliphatic heterocycles. The van der Waals surface area contributed by atoms with Gasteiger partial charge in [0.1, 0.15) is 5.82 Å². The summed E-state index contributed by atoms with van der Waals surface area (Å²) in [6.07, 6.45) is 0.641. The van der Waals surface area contributed by atoms with Crippen LogP contribution >= 0.6 is 23.1 Å². The zero-order valence-corrected chi connectivity index (χ0v) is 15.6. The highest BCUT2D eigenvalue weighted by Gasteiger charge is 2.22. The van der Waals surface area contributed by atoms with Gasteiger partial charge in [0.05, 0.1) is 5.25 Å². The monoisotopic (exact) mass is 387 g/mol. The fourth-order valence-electron chi connectivity index (χ4n) is 2.33. The van der Waals surface area contributed by atoms with E-state index in [0.717, 1.165) is 11.5 Å². The molecule has 0 fully saturated rings.